The number of carboxylic acid groups (broad SMARTS) is 1. The van der Waals surface area contributed by atoms with Crippen molar-refractivity contribution in [2.24, 2.45) is 0 Å². The van der Waals surface area contributed by atoms with Gasteiger partial charge in [-0.25, -0.2) is 4.79 Å². The van der Waals surface area contributed by atoms with Crippen molar-refractivity contribution in [3.05, 3.63) is 88.0 Å². The number of benzene rings is 3. The van der Waals surface area contributed by atoms with Crippen molar-refractivity contribution in [2.75, 3.05) is 0 Å². The molecule has 0 fully saturated rings. The van der Waals surface area contributed by atoms with E-state index in [-0.39, 0.29) is 17.7 Å². The van der Waals surface area contributed by atoms with E-state index in [2.05, 4.69) is 5.32 Å². The smallest absolute Gasteiger partial charge is 0.326 e. The number of nitro groups is 1. The van der Waals surface area contributed by atoms with Crippen LogP contribution in [0.2, 0.25) is 0 Å². The maximum absolute atomic E-state index is 12.5. The first-order valence-electron chi connectivity index (χ1n) is 8.20. The maximum Gasteiger partial charge on any atom is 0.326 e. The van der Waals surface area contributed by atoms with Crippen molar-refractivity contribution < 1.29 is 19.6 Å². The number of hydrogen-bond acceptors (Lipinski definition) is 4. The molecule has 3 rings (SSSR count). The predicted octanol–water partition coefficient (Wildman–Crippen LogP) is 3.17. The fraction of sp³-hybridized carbons (Fsp3) is 0.100. The maximum atomic E-state index is 12.5. The molecule has 0 saturated carbocycles. The minimum Gasteiger partial charge on any atom is -0.480 e. The molecule has 0 bridgehead atoms. The quantitative estimate of drug-likeness (QED) is 0.516. The van der Waals surface area contributed by atoms with Gasteiger partial charge in [-0.3, -0.25) is 14.9 Å². The highest BCUT2D eigenvalue weighted by atomic mass is 16.6. The molecule has 3 aromatic carbocycles. The summed E-state index contributed by atoms with van der Waals surface area (Å²) in [4.78, 5) is 34.6. The van der Waals surface area contributed by atoms with E-state index in [0.717, 1.165) is 10.8 Å². The first kappa shape index (κ1) is 18.1. The van der Waals surface area contributed by atoms with E-state index >= 15 is 0 Å². The number of nitrogens with zero attached hydrogens (tertiary/aromatic N) is 1. The third-order valence-electron chi connectivity index (χ3n) is 4.23. The Morgan fingerprint density at radius 1 is 1.00 bits per heavy atom. The number of carboxylic acids is 1. The molecule has 0 aliphatic rings. The van der Waals surface area contributed by atoms with Crippen molar-refractivity contribution in [3.8, 4) is 0 Å². The van der Waals surface area contributed by atoms with E-state index < -0.39 is 22.8 Å². The van der Waals surface area contributed by atoms with Crippen molar-refractivity contribution in [1.82, 2.24) is 5.32 Å². The molecule has 3 aromatic rings. The standard InChI is InChI=1S/C20H16N2O5/c23-19(16-10-9-13-5-1-2-6-14(13)11-16)21-17(20(24)25)12-15-7-3-4-8-18(15)22(26)27/h1-11,17H,12H2,(H,21,23)(H,24,25)/t17-/m0/s1. The average Bonchev–Trinajstić information content (AvgIpc) is 2.67. The first-order chi connectivity index (χ1) is 13.0. The molecule has 0 unspecified atom stereocenters. The lowest BCUT2D eigenvalue weighted by atomic mass is 10.0. The summed E-state index contributed by atoms with van der Waals surface area (Å²) in [5.74, 6) is -1.81. The number of rotatable bonds is 6. The zero-order valence-electron chi connectivity index (χ0n) is 14.2. The zero-order valence-corrected chi connectivity index (χ0v) is 14.2. The van der Waals surface area contributed by atoms with Gasteiger partial charge in [-0.2, -0.15) is 0 Å². The van der Waals surface area contributed by atoms with E-state index in [1.54, 1.807) is 24.3 Å². The van der Waals surface area contributed by atoms with Gasteiger partial charge in [0.2, 0.25) is 0 Å². The monoisotopic (exact) mass is 364 g/mol. The average molecular weight is 364 g/mol. The van der Waals surface area contributed by atoms with E-state index in [0.29, 0.717) is 5.56 Å². The van der Waals surface area contributed by atoms with Crippen LogP contribution in [-0.4, -0.2) is 27.9 Å². The van der Waals surface area contributed by atoms with Crippen molar-refractivity contribution in [2.45, 2.75) is 12.5 Å². The Hall–Kier alpha value is -3.74. The van der Waals surface area contributed by atoms with Gasteiger partial charge >= 0.3 is 5.97 Å². The molecule has 0 heterocycles. The largest absolute Gasteiger partial charge is 0.480 e. The summed E-state index contributed by atoms with van der Waals surface area (Å²) in [5.41, 5.74) is 0.389. The number of carbonyl (C=O) groups is 2. The molecule has 0 radical (unpaired) electrons. The number of fused-ring (bicyclic) bond motifs is 1. The number of hydrogen-bond donors (Lipinski definition) is 2. The molecule has 2 N–H and O–H groups in total. The van der Waals surface area contributed by atoms with Gasteiger partial charge in [-0.15, -0.1) is 0 Å². The lowest BCUT2D eigenvalue weighted by Gasteiger charge is -2.15. The molecule has 7 heteroatoms. The fourth-order valence-corrected chi connectivity index (χ4v) is 2.85. The third-order valence-corrected chi connectivity index (χ3v) is 4.23. The molecule has 7 nitrogen and oxygen atoms in total. The molecule has 27 heavy (non-hydrogen) atoms. The lowest BCUT2D eigenvalue weighted by molar-refractivity contribution is -0.385. The van der Waals surface area contributed by atoms with Crippen LogP contribution in [0.5, 0.6) is 0 Å². The van der Waals surface area contributed by atoms with Crippen LogP contribution in [0.1, 0.15) is 15.9 Å². The van der Waals surface area contributed by atoms with E-state index in [1.165, 1.54) is 18.2 Å². The molecular formula is C20H16N2O5. The topological polar surface area (TPSA) is 110 Å². The highest BCUT2D eigenvalue weighted by molar-refractivity contribution is 6.00. The van der Waals surface area contributed by atoms with Gasteiger partial charge in [0.15, 0.2) is 0 Å². The van der Waals surface area contributed by atoms with Crippen LogP contribution in [0.25, 0.3) is 10.8 Å². The summed E-state index contributed by atoms with van der Waals surface area (Å²) < 4.78 is 0. The lowest BCUT2D eigenvalue weighted by Crippen LogP contribution is -2.42. The Labute approximate surface area is 154 Å². The molecule has 1 amide bonds. The number of nitrogens with one attached hydrogen (secondary N) is 1. The number of carbonyl (C=O) groups excluding carboxylic acids is 1. The van der Waals surface area contributed by atoms with Crippen LogP contribution >= 0.6 is 0 Å². The molecule has 0 aromatic heterocycles. The highest BCUT2D eigenvalue weighted by Gasteiger charge is 2.24. The fourth-order valence-electron chi connectivity index (χ4n) is 2.85. The predicted molar refractivity (Wildman–Crippen MR) is 99.6 cm³/mol. The molecule has 136 valence electrons. The molecule has 0 aliphatic heterocycles. The Balaban J connectivity index is 1.82. The minimum absolute atomic E-state index is 0.177. The Kier molecular flexibility index (Phi) is 5.12. The van der Waals surface area contributed by atoms with E-state index in [1.807, 2.05) is 24.3 Å². The van der Waals surface area contributed by atoms with E-state index in [9.17, 15) is 24.8 Å². The number of nitro benzene ring substituents is 1. The molecule has 0 aliphatic carbocycles. The summed E-state index contributed by atoms with van der Waals surface area (Å²) in [6.07, 6.45) is -0.189. The van der Waals surface area contributed by atoms with Crippen LogP contribution in [0.15, 0.2) is 66.7 Å². The van der Waals surface area contributed by atoms with Crippen molar-refractivity contribution >= 4 is 28.3 Å². The van der Waals surface area contributed by atoms with Gasteiger partial charge in [0.05, 0.1) is 4.92 Å². The van der Waals surface area contributed by atoms with Crippen LogP contribution in [0, 0.1) is 10.1 Å². The second kappa shape index (κ2) is 7.65. The summed E-state index contributed by atoms with van der Waals surface area (Å²) in [7, 11) is 0. The van der Waals surface area contributed by atoms with Crippen LogP contribution in [0.3, 0.4) is 0 Å². The van der Waals surface area contributed by atoms with Crippen LogP contribution in [-0.2, 0) is 11.2 Å². The van der Waals surface area contributed by atoms with Gasteiger partial charge < -0.3 is 10.4 Å². The Morgan fingerprint density at radius 2 is 1.67 bits per heavy atom. The molecule has 0 saturated heterocycles. The summed E-state index contributed by atoms with van der Waals surface area (Å²) in [6.45, 7) is 0. The summed E-state index contributed by atoms with van der Waals surface area (Å²) >= 11 is 0. The second-order valence-corrected chi connectivity index (χ2v) is 6.02. The third kappa shape index (κ3) is 4.09. The van der Waals surface area contributed by atoms with Crippen molar-refractivity contribution in [1.29, 1.82) is 0 Å². The summed E-state index contributed by atoms with van der Waals surface area (Å²) in [5, 5.41) is 24.8. The van der Waals surface area contributed by atoms with Gasteiger partial charge in [-0.05, 0) is 22.9 Å². The second-order valence-electron chi connectivity index (χ2n) is 6.02. The summed E-state index contributed by atoms with van der Waals surface area (Å²) in [6, 6.07) is 17.2. The zero-order chi connectivity index (χ0) is 19.4. The van der Waals surface area contributed by atoms with Gasteiger partial charge in [0, 0.05) is 23.6 Å². The number of para-hydroxylation sites is 1. The molecule has 0 spiro atoms. The first-order valence-corrected chi connectivity index (χ1v) is 8.20. The van der Waals surface area contributed by atoms with Gasteiger partial charge in [0.1, 0.15) is 6.04 Å². The Bertz CT molecular complexity index is 1030. The SMILES string of the molecule is O=C(N[C@@H](Cc1ccccc1[N+](=O)[O-])C(=O)O)c1ccc2ccccc2c1. The van der Waals surface area contributed by atoms with Gasteiger partial charge in [-0.1, -0.05) is 48.5 Å². The Morgan fingerprint density at radius 3 is 2.37 bits per heavy atom. The van der Waals surface area contributed by atoms with Gasteiger partial charge in [0.25, 0.3) is 11.6 Å². The van der Waals surface area contributed by atoms with E-state index in [4.69, 9.17) is 0 Å². The highest BCUT2D eigenvalue weighted by Crippen LogP contribution is 2.20. The normalized spacial score (nSPS) is 11.7. The van der Waals surface area contributed by atoms with Crippen LogP contribution < -0.4 is 5.32 Å². The number of amides is 1. The minimum atomic E-state index is -1.29. The molecule has 1 atom stereocenters. The number of aliphatic carboxylic acids is 1. The van der Waals surface area contributed by atoms with Crippen molar-refractivity contribution in [3.63, 3.8) is 0 Å². The van der Waals surface area contributed by atoms with Crippen LogP contribution in [0.4, 0.5) is 5.69 Å². The molecular weight excluding hydrogens is 348 g/mol.